The number of carbonyl (C=O) groups excluding carboxylic acids is 1. The first-order valence-electron chi connectivity index (χ1n) is 7.80. The summed E-state index contributed by atoms with van der Waals surface area (Å²) in [5.74, 6) is 1.11. The molecule has 6 nitrogen and oxygen atoms in total. The number of piperidine rings is 1. The van der Waals surface area contributed by atoms with Crippen molar-refractivity contribution in [1.82, 2.24) is 20.0 Å². The quantitative estimate of drug-likeness (QED) is 0.797. The molecule has 1 aliphatic heterocycles. The third-order valence-corrected chi connectivity index (χ3v) is 4.35. The monoisotopic (exact) mass is 301 g/mol. The minimum atomic E-state index is -0.0720. The van der Waals surface area contributed by atoms with E-state index in [1.807, 2.05) is 26.1 Å². The summed E-state index contributed by atoms with van der Waals surface area (Å²) in [7, 11) is 0. The lowest BCUT2D eigenvalue weighted by molar-refractivity contribution is 0.0945. The molecule has 0 aromatic carbocycles. The van der Waals surface area contributed by atoms with E-state index in [0.717, 1.165) is 43.7 Å². The van der Waals surface area contributed by atoms with Gasteiger partial charge in [-0.05, 0) is 57.3 Å². The molecule has 1 amide bonds. The lowest BCUT2D eigenvalue weighted by Gasteiger charge is -2.22. The molecule has 22 heavy (non-hydrogen) atoms. The second-order valence-corrected chi connectivity index (χ2v) is 6.11. The van der Waals surface area contributed by atoms with Crippen LogP contribution in [0.5, 0.6) is 0 Å². The van der Waals surface area contributed by atoms with Gasteiger partial charge < -0.3 is 16.4 Å². The summed E-state index contributed by atoms with van der Waals surface area (Å²) >= 11 is 0. The van der Waals surface area contributed by atoms with Crippen molar-refractivity contribution in [3.05, 3.63) is 29.1 Å². The van der Waals surface area contributed by atoms with Crippen molar-refractivity contribution in [3.8, 4) is 0 Å². The van der Waals surface area contributed by atoms with Crippen LogP contribution >= 0.6 is 0 Å². The predicted molar refractivity (Wildman–Crippen MR) is 87.0 cm³/mol. The van der Waals surface area contributed by atoms with Gasteiger partial charge in [0, 0.05) is 12.7 Å². The number of nitrogens with two attached hydrogens (primary N) is 1. The highest BCUT2D eigenvalue weighted by Gasteiger charge is 2.18. The molecule has 1 fully saturated rings. The molecule has 6 heteroatoms. The molecular weight excluding hydrogens is 278 g/mol. The van der Waals surface area contributed by atoms with Gasteiger partial charge in [0.05, 0.1) is 11.3 Å². The smallest absolute Gasteiger partial charge is 0.255 e. The largest absolute Gasteiger partial charge is 0.385 e. The fourth-order valence-corrected chi connectivity index (χ4v) is 3.00. The van der Waals surface area contributed by atoms with Gasteiger partial charge in [-0.3, -0.25) is 9.20 Å². The Hall–Kier alpha value is -2.08. The van der Waals surface area contributed by atoms with Crippen LogP contribution in [0.4, 0.5) is 5.82 Å². The zero-order valence-corrected chi connectivity index (χ0v) is 13.1. The average Bonchev–Trinajstić information content (AvgIpc) is 2.91. The van der Waals surface area contributed by atoms with E-state index in [9.17, 15) is 4.79 Å². The highest BCUT2D eigenvalue weighted by molar-refractivity contribution is 6.00. The molecule has 0 atom stereocenters. The Morgan fingerprint density at radius 1 is 1.45 bits per heavy atom. The van der Waals surface area contributed by atoms with Gasteiger partial charge in [0.15, 0.2) is 5.65 Å². The number of pyridine rings is 1. The average molecular weight is 301 g/mol. The standard InChI is InChI=1S/C16H23N5O/c1-10-7-13(15-20-11(2)9-21(15)14(10)17)16(22)19-8-12-3-5-18-6-4-12/h7,9,12,18H,3-6,8,17H2,1-2H3,(H,19,22). The van der Waals surface area contributed by atoms with Crippen molar-refractivity contribution in [2.24, 2.45) is 5.92 Å². The maximum absolute atomic E-state index is 12.6. The van der Waals surface area contributed by atoms with E-state index >= 15 is 0 Å². The molecule has 4 N–H and O–H groups in total. The summed E-state index contributed by atoms with van der Waals surface area (Å²) in [4.78, 5) is 17.0. The molecule has 1 saturated heterocycles. The number of hydrogen-bond acceptors (Lipinski definition) is 4. The van der Waals surface area contributed by atoms with Crippen LogP contribution in [0.3, 0.4) is 0 Å². The second kappa shape index (κ2) is 5.96. The number of amides is 1. The number of nitrogens with one attached hydrogen (secondary N) is 2. The highest BCUT2D eigenvalue weighted by Crippen LogP contribution is 2.20. The van der Waals surface area contributed by atoms with Crippen LogP contribution < -0.4 is 16.4 Å². The van der Waals surface area contributed by atoms with Gasteiger partial charge in [-0.15, -0.1) is 0 Å². The van der Waals surface area contributed by atoms with Crippen molar-refractivity contribution >= 4 is 17.4 Å². The van der Waals surface area contributed by atoms with Gasteiger partial charge in [0.25, 0.3) is 5.91 Å². The van der Waals surface area contributed by atoms with Crippen molar-refractivity contribution in [3.63, 3.8) is 0 Å². The zero-order chi connectivity index (χ0) is 15.7. The molecule has 0 radical (unpaired) electrons. The fourth-order valence-electron chi connectivity index (χ4n) is 3.00. The SMILES string of the molecule is Cc1cn2c(N)c(C)cc(C(=O)NCC3CCNCC3)c2n1. The number of fused-ring (bicyclic) bond motifs is 1. The highest BCUT2D eigenvalue weighted by atomic mass is 16.1. The summed E-state index contributed by atoms with van der Waals surface area (Å²) < 4.78 is 1.80. The maximum atomic E-state index is 12.6. The van der Waals surface area contributed by atoms with Gasteiger partial charge in [0.2, 0.25) is 0 Å². The Balaban J connectivity index is 1.82. The van der Waals surface area contributed by atoms with Crippen molar-refractivity contribution in [2.45, 2.75) is 26.7 Å². The first-order valence-corrected chi connectivity index (χ1v) is 7.80. The molecule has 2 aromatic heterocycles. The Bertz CT molecular complexity index is 700. The van der Waals surface area contributed by atoms with E-state index in [-0.39, 0.29) is 5.91 Å². The Labute approximate surface area is 130 Å². The van der Waals surface area contributed by atoms with Gasteiger partial charge >= 0.3 is 0 Å². The Morgan fingerprint density at radius 2 is 2.18 bits per heavy atom. The van der Waals surface area contributed by atoms with Crippen LogP contribution in [-0.2, 0) is 0 Å². The number of aryl methyl sites for hydroxylation is 2. The molecule has 0 bridgehead atoms. The normalized spacial score (nSPS) is 16.1. The number of aromatic nitrogens is 2. The van der Waals surface area contributed by atoms with E-state index in [1.54, 1.807) is 4.40 Å². The Morgan fingerprint density at radius 3 is 2.91 bits per heavy atom. The number of anilines is 1. The minimum Gasteiger partial charge on any atom is -0.385 e. The number of hydrogen-bond donors (Lipinski definition) is 3. The second-order valence-electron chi connectivity index (χ2n) is 6.11. The number of nitrogens with zero attached hydrogens (tertiary/aromatic N) is 2. The molecule has 3 rings (SSSR count). The predicted octanol–water partition coefficient (Wildman–Crippen LogP) is 1.26. The van der Waals surface area contributed by atoms with Crippen LogP contribution in [0.15, 0.2) is 12.3 Å². The molecular formula is C16H23N5O. The molecule has 0 spiro atoms. The topological polar surface area (TPSA) is 84.5 Å². The van der Waals surface area contributed by atoms with E-state index in [4.69, 9.17) is 5.73 Å². The minimum absolute atomic E-state index is 0.0720. The fraction of sp³-hybridized carbons (Fsp3) is 0.500. The van der Waals surface area contributed by atoms with Gasteiger partial charge in [-0.1, -0.05) is 0 Å². The van der Waals surface area contributed by atoms with Crippen molar-refractivity contribution < 1.29 is 4.79 Å². The van der Waals surface area contributed by atoms with Gasteiger partial charge in [-0.2, -0.15) is 0 Å². The molecule has 2 aromatic rings. The van der Waals surface area contributed by atoms with E-state index < -0.39 is 0 Å². The van der Waals surface area contributed by atoms with Gasteiger partial charge in [0.1, 0.15) is 5.82 Å². The van der Waals surface area contributed by atoms with E-state index in [1.165, 1.54) is 0 Å². The number of rotatable bonds is 3. The maximum Gasteiger partial charge on any atom is 0.255 e. The third kappa shape index (κ3) is 2.78. The van der Waals surface area contributed by atoms with Crippen molar-refractivity contribution in [2.75, 3.05) is 25.4 Å². The Kier molecular flexibility index (Phi) is 4.02. The number of nitrogen functional groups attached to an aromatic ring is 1. The van der Waals surface area contributed by atoms with Crippen LogP contribution in [0.2, 0.25) is 0 Å². The summed E-state index contributed by atoms with van der Waals surface area (Å²) in [5, 5.41) is 6.39. The lowest BCUT2D eigenvalue weighted by Crippen LogP contribution is -2.36. The van der Waals surface area contributed by atoms with Crippen LogP contribution in [0, 0.1) is 19.8 Å². The molecule has 0 saturated carbocycles. The van der Waals surface area contributed by atoms with Gasteiger partial charge in [-0.25, -0.2) is 4.98 Å². The first-order chi connectivity index (χ1) is 10.6. The van der Waals surface area contributed by atoms with Crippen LogP contribution in [0.1, 0.15) is 34.5 Å². The number of carbonyl (C=O) groups is 1. The van der Waals surface area contributed by atoms with Crippen LogP contribution in [-0.4, -0.2) is 34.9 Å². The van der Waals surface area contributed by atoms with Crippen LogP contribution in [0.25, 0.3) is 5.65 Å². The lowest BCUT2D eigenvalue weighted by atomic mass is 9.98. The number of imidazole rings is 1. The summed E-state index contributed by atoms with van der Waals surface area (Å²) in [6.45, 7) is 6.60. The molecule has 0 unspecified atom stereocenters. The third-order valence-electron chi connectivity index (χ3n) is 4.35. The molecule has 118 valence electrons. The van der Waals surface area contributed by atoms with Crippen molar-refractivity contribution in [1.29, 1.82) is 0 Å². The summed E-state index contributed by atoms with van der Waals surface area (Å²) in [5.41, 5.74) is 9.03. The van der Waals surface area contributed by atoms with E-state index in [0.29, 0.717) is 22.9 Å². The molecule has 0 aliphatic carbocycles. The van der Waals surface area contributed by atoms with E-state index in [2.05, 4.69) is 15.6 Å². The zero-order valence-electron chi connectivity index (χ0n) is 13.1. The summed E-state index contributed by atoms with van der Waals surface area (Å²) in [6, 6.07) is 1.83. The molecule has 3 heterocycles. The summed E-state index contributed by atoms with van der Waals surface area (Å²) in [6.07, 6.45) is 4.08. The first kappa shape index (κ1) is 14.8. The molecule has 1 aliphatic rings.